The molecule has 7 nitrogen and oxygen atoms in total. The normalized spacial score (nSPS) is 16.0. The predicted molar refractivity (Wildman–Crippen MR) is 73.0 cm³/mol. The lowest BCUT2D eigenvalue weighted by atomic mass is 10.2. The van der Waals surface area contributed by atoms with Gasteiger partial charge >= 0.3 is 6.09 Å². The smallest absolute Gasteiger partial charge is 0.408 e. The van der Waals surface area contributed by atoms with Crippen molar-refractivity contribution in [3.63, 3.8) is 0 Å². The van der Waals surface area contributed by atoms with Crippen LogP contribution in [0.4, 0.5) is 4.79 Å². The number of carbonyl (C=O) groups excluding carboxylic acids is 3. The van der Waals surface area contributed by atoms with Crippen LogP contribution in [0.25, 0.3) is 0 Å². The molecule has 0 saturated heterocycles. The molecule has 0 bridgehead atoms. The predicted octanol–water partition coefficient (Wildman–Crippen LogP) is 0.294. The van der Waals surface area contributed by atoms with Crippen LogP contribution in [-0.4, -0.2) is 42.1 Å². The molecule has 1 aliphatic rings. The van der Waals surface area contributed by atoms with E-state index < -0.39 is 23.6 Å². The first-order valence-corrected chi connectivity index (χ1v) is 6.74. The Balaban J connectivity index is 2.24. The summed E-state index contributed by atoms with van der Waals surface area (Å²) in [5, 5.41) is 7.62. The second kappa shape index (κ2) is 6.58. The molecule has 0 spiro atoms. The summed E-state index contributed by atoms with van der Waals surface area (Å²) in [4.78, 5) is 34.6. The first kappa shape index (κ1) is 16.3. The van der Waals surface area contributed by atoms with Gasteiger partial charge in [0, 0.05) is 6.04 Å². The summed E-state index contributed by atoms with van der Waals surface area (Å²) in [5.74, 6) is -0.646. The lowest BCUT2D eigenvalue weighted by Gasteiger charge is -2.21. The average molecular weight is 285 g/mol. The molecule has 1 aliphatic carbocycles. The molecule has 20 heavy (non-hydrogen) atoms. The molecule has 3 amide bonds. The molecular formula is C13H23N3O4. The van der Waals surface area contributed by atoms with Gasteiger partial charge in [0.05, 0.1) is 6.54 Å². The van der Waals surface area contributed by atoms with E-state index in [4.69, 9.17) is 4.74 Å². The Kier molecular flexibility index (Phi) is 5.35. The van der Waals surface area contributed by atoms with Crippen LogP contribution < -0.4 is 16.0 Å². The van der Waals surface area contributed by atoms with Gasteiger partial charge in [-0.15, -0.1) is 0 Å². The third-order valence-electron chi connectivity index (χ3n) is 2.49. The molecule has 1 fully saturated rings. The Labute approximate surface area is 118 Å². The van der Waals surface area contributed by atoms with E-state index in [0.717, 1.165) is 12.8 Å². The summed E-state index contributed by atoms with van der Waals surface area (Å²) < 4.78 is 5.04. The van der Waals surface area contributed by atoms with E-state index in [1.54, 1.807) is 20.8 Å². The fraction of sp³-hybridized carbons (Fsp3) is 0.769. The zero-order valence-electron chi connectivity index (χ0n) is 12.4. The molecule has 3 N–H and O–H groups in total. The molecule has 0 heterocycles. The van der Waals surface area contributed by atoms with Crippen LogP contribution in [0.3, 0.4) is 0 Å². The van der Waals surface area contributed by atoms with E-state index >= 15 is 0 Å². The fourth-order valence-corrected chi connectivity index (χ4v) is 1.38. The van der Waals surface area contributed by atoms with Crippen LogP contribution in [0.5, 0.6) is 0 Å². The van der Waals surface area contributed by atoms with Gasteiger partial charge in [0.15, 0.2) is 0 Å². The van der Waals surface area contributed by atoms with Crippen molar-refractivity contribution >= 4 is 17.9 Å². The van der Waals surface area contributed by atoms with Crippen LogP contribution in [-0.2, 0) is 14.3 Å². The quantitative estimate of drug-likeness (QED) is 0.676. The van der Waals surface area contributed by atoms with Gasteiger partial charge in [0.2, 0.25) is 11.8 Å². The number of carbonyl (C=O) groups is 3. The zero-order valence-corrected chi connectivity index (χ0v) is 12.4. The van der Waals surface area contributed by atoms with E-state index in [-0.39, 0.29) is 18.5 Å². The van der Waals surface area contributed by atoms with Crippen LogP contribution in [0, 0.1) is 0 Å². The monoisotopic (exact) mass is 285 g/mol. The number of ether oxygens (including phenoxy) is 1. The molecule has 0 aromatic carbocycles. The molecular weight excluding hydrogens is 262 g/mol. The van der Waals surface area contributed by atoms with E-state index in [1.807, 2.05) is 0 Å². The molecule has 0 aromatic rings. The highest BCUT2D eigenvalue weighted by molar-refractivity contribution is 5.89. The first-order valence-electron chi connectivity index (χ1n) is 6.74. The summed E-state index contributed by atoms with van der Waals surface area (Å²) >= 11 is 0. The van der Waals surface area contributed by atoms with Crippen LogP contribution in [0.15, 0.2) is 0 Å². The summed E-state index contributed by atoms with van der Waals surface area (Å²) in [5.41, 5.74) is -0.621. The third kappa shape index (κ3) is 6.96. The van der Waals surface area contributed by atoms with Crippen molar-refractivity contribution in [3.05, 3.63) is 0 Å². The minimum Gasteiger partial charge on any atom is -0.444 e. The second-order valence-electron chi connectivity index (χ2n) is 5.93. The van der Waals surface area contributed by atoms with Crippen molar-refractivity contribution in [2.75, 3.05) is 6.54 Å². The van der Waals surface area contributed by atoms with Gasteiger partial charge in [-0.1, -0.05) is 0 Å². The first-order chi connectivity index (χ1) is 9.17. The zero-order chi connectivity index (χ0) is 15.3. The van der Waals surface area contributed by atoms with Gasteiger partial charge in [-0.25, -0.2) is 4.79 Å². The lowest BCUT2D eigenvalue weighted by molar-refractivity contribution is -0.127. The molecule has 114 valence electrons. The van der Waals surface area contributed by atoms with Gasteiger partial charge in [0.1, 0.15) is 11.6 Å². The number of hydrogen-bond acceptors (Lipinski definition) is 4. The highest BCUT2D eigenvalue weighted by Crippen LogP contribution is 2.18. The second-order valence-corrected chi connectivity index (χ2v) is 5.93. The summed E-state index contributed by atoms with van der Waals surface area (Å²) in [7, 11) is 0. The van der Waals surface area contributed by atoms with Gasteiger partial charge in [-0.05, 0) is 40.5 Å². The topological polar surface area (TPSA) is 96.5 Å². The van der Waals surface area contributed by atoms with Crippen molar-refractivity contribution in [2.45, 2.75) is 58.2 Å². The number of nitrogens with one attached hydrogen (secondary N) is 3. The number of amides is 3. The van der Waals surface area contributed by atoms with E-state index in [0.29, 0.717) is 0 Å². The lowest BCUT2D eigenvalue weighted by Crippen LogP contribution is -2.48. The van der Waals surface area contributed by atoms with E-state index in [2.05, 4.69) is 16.0 Å². The summed E-state index contributed by atoms with van der Waals surface area (Å²) in [6, 6.07) is -0.504. The van der Waals surface area contributed by atoms with Crippen molar-refractivity contribution < 1.29 is 19.1 Å². The fourth-order valence-electron chi connectivity index (χ4n) is 1.38. The maximum atomic E-state index is 11.7. The third-order valence-corrected chi connectivity index (χ3v) is 2.49. The van der Waals surface area contributed by atoms with Gasteiger partial charge in [-0.3, -0.25) is 9.59 Å². The van der Waals surface area contributed by atoms with Crippen molar-refractivity contribution in [1.29, 1.82) is 0 Å². The Morgan fingerprint density at radius 1 is 1.25 bits per heavy atom. The van der Waals surface area contributed by atoms with Crippen LogP contribution in [0.1, 0.15) is 40.5 Å². The molecule has 0 aromatic heterocycles. The van der Waals surface area contributed by atoms with Crippen LogP contribution >= 0.6 is 0 Å². The molecule has 7 heteroatoms. The number of alkyl carbamates (subject to hydrolysis) is 1. The largest absolute Gasteiger partial charge is 0.444 e. The molecule has 1 saturated carbocycles. The molecule has 0 unspecified atom stereocenters. The van der Waals surface area contributed by atoms with Crippen LogP contribution in [0.2, 0.25) is 0 Å². The average Bonchev–Trinajstić information content (AvgIpc) is 3.06. The standard InChI is InChI=1S/C13H23N3O4/c1-8(15-12(19)20-13(2,3)4)11(18)14-7-10(17)16-9-5-6-9/h8-9H,5-7H2,1-4H3,(H,14,18)(H,15,19)(H,16,17)/t8-/m1/s1. The molecule has 0 radical (unpaired) electrons. The number of hydrogen-bond donors (Lipinski definition) is 3. The molecule has 0 aliphatic heterocycles. The highest BCUT2D eigenvalue weighted by atomic mass is 16.6. The Hall–Kier alpha value is -1.79. The minimum atomic E-state index is -0.765. The Morgan fingerprint density at radius 2 is 1.85 bits per heavy atom. The van der Waals surface area contributed by atoms with Crippen molar-refractivity contribution in [1.82, 2.24) is 16.0 Å². The van der Waals surface area contributed by atoms with Crippen molar-refractivity contribution in [2.24, 2.45) is 0 Å². The van der Waals surface area contributed by atoms with E-state index in [9.17, 15) is 14.4 Å². The maximum Gasteiger partial charge on any atom is 0.408 e. The highest BCUT2D eigenvalue weighted by Gasteiger charge is 2.24. The summed E-state index contributed by atoms with van der Waals surface area (Å²) in [6.45, 7) is 6.65. The molecule has 1 atom stereocenters. The minimum absolute atomic E-state index is 0.0876. The SMILES string of the molecule is C[C@@H](NC(=O)OC(C)(C)C)C(=O)NCC(=O)NC1CC1. The van der Waals surface area contributed by atoms with Crippen molar-refractivity contribution in [3.8, 4) is 0 Å². The van der Waals surface area contributed by atoms with Gasteiger partial charge in [-0.2, -0.15) is 0 Å². The van der Waals surface area contributed by atoms with E-state index in [1.165, 1.54) is 6.92 Å². The maximum absolute atomic E-state index is 11.7. The Morgan fingerprint density at radius 3 is 2.35 bits per heavy atom. The molecule has 1 rings (SSSR count). The van der Waals surface area contributed by atoms with Gasteiger partial charge in [0.25, 0.3) is 0 Å². The summed E-state index contributed by atoms with van der Waals surface area (Å²) in [6.07, 6.45) is 1.33. The Bertz CT molecular complexity index is 386. The number of rotatable bonds is 5. The van der Waals surface area contributed by atoms with Gasteiger partial charge < -0.3 is 20.7 Å².